The zero-order chi connectivity index (χ0) is 9.97. The van der Waals surface area contributed by atoms with Crippen LogP contribution in [-0.4, -0.2) is 16.3 Å². The molecule has 1 aromatic carbocycles. The second kappa shape index (κ2) is 3.80. The SMILES string of the molecule is Cn1ncc2c(CCCN)cccc21. The molecule has 0 unspecified atom stereocenters. The van der Waals surface area contributed by atoms with Crippen LogP contribution < -0.4 is 5.73 Å². The van der Waals surface area contributed by atoms with Gasteiger partial charge >= 0.3 is 0 Å². The highest BCUT2D eigenvalue weighted by Gasteiger charge is 2.03. The molecule has 0 bridgehead atoms. The largest absolute Gasteiger partial charge is 0.330 e. The van der Waals surface area contributed by atoms with E-state index in [4.69, 9.17) is 5.73 Å². The second-order valence-electron chi connectivity index (χ2n) is 3.51. The summed E-state index contributed by atoms with van der Waals surface area (Å²) in [4.78, 5) is 0. The molecule has 0 aliphatic heterocycles. The van der Waals surface area contributed by atoms with Crippen LogP contribution in [0.25, 0.3) is 10.9 Å². The Morgan fingerprint density at radius 1 is 1.43 bits per heavy atom. The second-order valence-corrected chi connectivity index (χ2v) is 3.51. The minimum Gasteiger partial charge on any atom is -0.330 e. The topological polar surface area (TPSA) is 43.8 Å². The van der Waals surface area contributed by atoms with Gasteiger partial charge in [-0.1, -0.05) is 12.1 Å². The van der Waals surface area contributed by atoms with Crippen LogP contribution in [0.15, 0.2) is 24.4 Å². The summed E-state index contributed by atoms with van der Waals surface area (Å²) in [5, 5.41) is 5.50. The molecule has 0 spiro atoms. The molecule has 1 heterocycles. The molecule has 14 heavy (non-hydrogen) atoms. The lowest BCUT2D eigenvalue weighted by Crippen LogP contribution is -2.00. The maximum atomic E-state index is 5.50. The van der Waals surface area contributed by atoms with Crippen LogP contribution in [0.3, 0.4) is 0 Å². The number of hydrogen-bond donors (Lipinski definition) is 1. The smallest absolute Gasteiger partial charge is 0.0681 e. The van der Waals surface area contributed by atoms with E-state index in [1.54, 1.807) is 0 Å². The van der Waals surface area contributed by atoms with Crippen molar-refractivity contribution in [2.75, 3.05) is 6.54 Å². The van der Waals surface area contributed by atoms with Crippen LogP contribution in [-0.2, 0) is 13.5 Å². The molecule has 0 saturated carbocycles. The molecular formula is C11H15N3. The van der Waals surface area contributed by atoms with Gasteiger partial charge in [-0.25, -0.2) is 0 Å². The molecule has 74 valence electrons. The number of fused-ring (bicyclic) bond motifs is 1. The van der Waals surface area contributed by atoms with Crippen LogP contribution in [0, 0.1) is 0 Å². The van der Waals surface area contributed by atoms with E-state index in [0.29, 0.717) is 0 Å². The van der Waals surface area contributed by atoms with Crippen molar-refractivity contribution in [3.05, 3.63) is 30.0 Å². The predicted molar refractivity (Wildman–Crippen MR) is 58.1 cm³/mol. The summed E-state index contributed by atoms with van der Waals surface area (Å²) in [5.74, 6) is 0. The first kappa shape index (κ1) is 9.21. The number of aromatic nitrogens is 2. The minimum absolute atomic E-state index is 0.747. The first-order valence-electron chi connectivity index (χ1n) is 4.92. The molecular weight excluding hydrogens is 174 g/mol. The summed E-state index contributed by atoms with van der Waals surface area (Å²) in [5.41, 5.74) is 8.05. The number of aryl methyl sites for hydroxylation is 2. The van der Waals surface area contributed by atoms with Crippen LogP contribution in [0.4, 0.5) is 0 Å². The molecule has 2 N–H and O–H groups in total. The third kappa shape index (κ3) is 1.51. The standard InChI is InChI=1S/C11H15N3/c1-14-11-6-2-4-9(5-3-7-12)10(11)8-13-14/h2,4,6,8H,3,5,7,12H2,1H3. The predicted octanol–water partition coefficient (Wildman–Crippen LogP) is 1.46. The van der Waals surface area contributed by atoms with Crippen molar-refractivity contribution in [1.82, 2.24) is 9.78 Å². The van der Waals surface area contributed by atoms with E-state index in [0.717, 1.165) is 19.4 Å². The lowest BCUT2D eigenvalue weighted by molar-refractivity contribution is 0.797. The molecule has 3 nitrogen and oxygen atoms in total. The molecule has 2 aromatic rings. The van der Waals surface area contributed by atoms with Gasteiger partial charge in [0, 0.05) is 12.4 Å². The van der Waals surface area contributed by atoms with Gasteiger partial charge in [-0.05, 0) is 31.0 Å². The summed E-state index contributed by atoms with van der Waals surface area (Å²) < 4.78 is 1.90. The summed E-state index contributed by atoms with van der Waals surface area (Å²) in [6, 6.07) is 6.32. The highest BCUT2D eigenvalue weighted by atomic mass is 15.2. The van der Waals surface area contributed by atoms with E-state index in [1.165, 1.54) is 16.5 Å². The summed E-state index contributed by atoms with van der Waals surface area (Å²) >= 11 is 0. The fraction of sp³-hybridized carbons (Fsp3) is 0.364. The van der Waals surface area contributed by atoms with E-state index in [1.807, 2.05) is 17.9 Å². The molecule has 0 aliphatic rings. The molecule has 0 amide bonds. The first-order chi connectivity index (χ1) is 6.83. The Labute approximate surface area is 83.5 Å². The quantitative estimate of drug-likeness (QED) is 0.794. The lowest BCUT2D eigenvalue weighted by Gasteiger charge is -2.01. The van der Waals surface area contributed by atoms with E-state index in [9.17, 15) is 0 Å². The molecule has 0 radical (unpaired) electrons. The maximum Gasteiger partial charge on any atom is 0.0681 e. The third-order valence-electron chi connectivity index (χ3n) is 2.53. The third-order valence-corrected chi connectivity index (χ3v) is 2.53. The van der Waals surface area contributed by atoms with Crippen LogP contribution in [0.5, 0.6) is 0 Å². The minimum atomic E-state index is 0.747. The van der Waals surface area contributed by atoms with E-state index in [-0.39, 0.29) is 0 Å². The Morgan fingerprint density at radius 2 is 2.29 bits per heavy atom. The maximum absolute atomic E-state index is 5.50. The lowest BCUT2D eigenvalue weighted by atomic mass is 10.1. The summed E-state index contributed by atoms with van der Waals surface area (Å²) in [6.07, 6.45) is 4.01. The average Bonchev–Trinajstić information content (AvgIpc) is 2.58. The summed E-state index contributed by atoms with van der Waals surface area (Å²) in [6.45, 7) is 0.747. The van der Waals surface area contributed by atoms with Gasteiger partial charge < -0.3 is 5.73 Å². The highest BCUT2D eigenvalue weighted by Crippen LogP contribution is 2.18. The molecule has 0 atom stereocenters. The molecule has 0 fully saturated rings. The van der Waals surface area contributed by atoms with Gasteiger partial charge in [0.2, 0.25) is 0 Å². The van der Waals surface area contributed by atoms with Crippen molar-refractivity contribution >= 4 is 10.9 Å². The number of nitrogens with two attached hydrogens (primary N) is 1. The highest BCUT2D eigenvalue weighted by molar-refractivity contribution is 5.82. The van der Waals surface area contributed by atoms with Crippen LogP contribution >= 0.6 is 0 Å². The van der Waals surface area contributed by atoms with Crippen molar-refractivity contribution in [2.24, 2.45) is 12.8 Å². The van der Waals surface area contributed by atoms with Crippen molar-refractivity contribution in [2.45, 2.75) is 12.8 Å². The molecule has 3 heteroatoms. The van der Waals surface area contributed by atoms with E-state index >= 15 is 0 Å². The van der Waals surface area contributed by atoms with Crippen molar-refractivity contribution in [3.8, 4) is 0 Å². The van der Waals surface area contributed by atoms with Gasteiger partial charge in [0.05, 0.1) is 11.7 Å². The average molecular weight is 189 g/mol. The van der Waals surface area contributed by atoms with Crippen molar-refractivity contribution in [1.29, 1.82) is 0 Å². The van der Waals surface area contributed by atoms with E-state index in [2.05, 4.69) is 23.3 Å². The Bertz CT molecular complexity index is 431. The molecule has 2 rings (SSSR count). The van der Waals surface area contributed by atoms with Gasteiger partial charge in [-0.3, -0.25) is 4.68 Å². The molecule has 0 aliphatic carbocycles. The van der Waals surface area contributed by atoms with Crippen molar-refractivity contribution in [3.63, 3.8) is 0 Å². The Kier molecular flexibility index (Phi) is 2.50. The Balaban J connectivity index is 2.44. The van der Waals surface area contributed by atoms with E-state index < -0.39 is 0 Å². The van der Waals surface area contributed by atoms with Gasteiger partial charge in [0.15, 0.2) is 0 Å². The monoisotopic (exact) mass is 189 g/mol. The normalized spacial score (nSPS) is 11.0. The molecule has 0 saturated heterocycles. The fourth-order valence-corrected chi connectivity index (χ4v) is 1.75. The number of rotatable bonds is 3. The molecule has 1 aromatic heterocycles. The zero-order valence-corrected chi connectivity index (χ0v) is 8.40. The summed E-state index contributed by atoms with van der Waals surface area (Å²) in [7, 11) is 1.97. The van der Waals surface area contributed by atoms with Crippen molar-refractivity contribution < 1.29 is 0 Å². The van der Waals surface area contributed by atoms with Gasteiger partial charge in [-0.15, -0.1) is 0 Å². The van der Waals surface area contributed by atoms with Crippen LogP contribution in [0.2, 0.25) is 0 Å². The fourth-order valence-electron chi connectivity index (χ4n) is 1.75. The van der Waals surface area contributed by atoms with Gasteiger partial charge in [0.25, 0.3) is 0 Å². The van der Waals surface area contributed by atoms with Gasteiger partial charge in [0.1, 0.15) is 0 Å². The van der Waals surface area contributed by atoms with Crippen LogP contribution in [0.1, 0.15) is 12.0 Å². The first-order valence-corrected chi connectivity index (χ1v) is 4.92. The number of hydrogen-bond acceptors (Lipinski definition) is 2. The Hall–Kier alpha value is -1.35. The number of benzene rings is 1. The van der Waals surface area contributed by atoms with Gasteiger partial charge in [-0.2, -0.15) is 5.10 Å². The number of nitrogens with zero attached hydrogens (tertiary/aromatic N) is 2. The Morgan fingerprint density at radius 3 is 3.07 bits per heavy atom. The zero-order valence-electron chi connectivity index (χ0n) is 8.40.